The zero-order valence-electron chi connectivity index (χ0n) is 16.4. The smallest absolute Gasteiger partial charge is 0.270 e. The van der Waals surface area contributed by atoms with Crippen LogP contribution in [0.15, 0.2) is 22.5 Å². The number of aromatic nitrogens is 2. The van der Waals surface area contributed by atoms with Gasteiger partial charge in [-0.1, -0.05) is 37.3 Å². The van der Waals surface area contributed by atoms with Crippen LogP contribution in [0.3, 0.4) is 0 Å². The molecule has 0 spiro atoms. The maximum absolute atomic E-state index is 12.9. The molecular weight excluding hydrogens is 400 g/mol. The van der Waals surface area contributed by atoms with Crippen molar-refractivity contribution in [3.05, 3.63) is 29.3 Å². The molecule has 0 aliphatic carbocycles. The minimum Gasteiger partial charge on any atom is -0.487 e. The molecule has 3 rings (SSSR count). The number of carbonyl (C=O) groups is 1. The molecule has 0 saturated heterocycles. The predicted octanol–water partition coefficient (Wildman–Crippen LogP) is 3.02. The number of hydrogen-bond acceptors (Lipinski definition) is 7. The maximum Gasteiger partial charge on any atom is 0.270 e. The van der Waals surface area contributed by atoms with Crippen LogP contribution >= 0.6 is 11.3 Å². The van der Waals surface area contributed by atoms with Crippen molar-refractivity contribution in [3.63, 3.8) is 0 Å². The first kappa shape index (κ1) is 20.7. The summed E-state index contributed by atoms with van der Waals surface area (Å²) in [5.74, 6) is 0.182. The zero-order chi connectivity index (χ0) is 20.7. The second-order valence-electron chi connectivity index (χ2n) is 7.80. The largest absolute Gasteiger partial charge is 0.487 e. The molecule has 2 N–H and O–H groups in total. The number of nitrogens with zero attached hydrogens (tertiary/aromatic N) is 2. The molecule has 0 unspecified atom stereocenters. The number of nitrogens with one attached hydrogen (secondary N) is 2. The van der Waals surface area contributed by atoms with Crippen molar-refractivity contribution in [2.24, 2.45) is 5.92 Å². The van der Waals surface area contributed by atoms with Crippen LogP contribution in [-0.2, 0) is 14.8 Å². The number of carbonyl (C=O) groups excluding carboxylic acids is 1. The van der Waals surface area contributed by atoms with E-state index in [9.17, 15) is 13.2 Å². The van der Waals surface area contributed by atoms with Crippen LogP contribution in [-0.4, -0.2) is 30.1 Å². The molecule has 1 aromatic heterocycles. The highest BCUT2D eigenvalue weighted by atomic mass is 32.2. The van der Waals surface area contributed by atoms with Crippen molar-refractivity contribution in [1.82, 2.24) is 14.9 Å². The van der Waals surface area contributed by atoms with E-state index in [4.69, 9.17) is 4.74 Å². The Morgan fingerprint density at radius 2 is 2.04 bits per heavy atom. The number of ether oxygens (including phenoxy) is 1. The summed E-state index contributed by atoms with van der Waals surface area (Å²) in [6, 6.07) is 5.25. The molecule has 0 saturated carbocycles. The second kappa shape index (κ2) is 7.41. The number of fused-ring (bicyclic) bond motifs is 1. The average Bonchev–Trinajstić information content (AvgIpc) is 3.02. The minimum atomic E-state index is -3.91. The molecule has 1 aromatic carbocycles. The number of aryl methyl sites for hydroxylation is 1. The van der Waals surface area contributed by atoms with Gasteiger partial charge in [0.05, 0.1) is 6.04 Å². The number of rotatable bonds is 5. The van der Waals surface area contributed by atoms with E-state index in [1.54, 1.807) is 13.8 Å². The van der Waals surface area contributed by atoms with E-state index < -0.39 is 21.7 Å². The van der Waals surface area contributed by atoms with Gasteiger partial charge in [0.2, 0.25) is 15.4 Å². The van der Waals surface area contributed by atoms with Gasteiger partial charge in [-0.05, 0) is 32.4 Å². The maximum atomic E-state index is 12.9. The molecule has 152 valence electrons. The lowest BCUT2D eigenvalue weighted by Crippen LogP contribution is -2.41. The number of anilines is 1. The third-order valence-electron chi connectivity index (χ3n) is 4.31. The van der Waals surface area contributed by atoms with E-state index in [0.29, 0.717) is 12.2 Å². The number of sulfonamides is 1. The molecule has 1 atom stereocenters. The summed E-state index contributed by atoms with van der Waals surface area (Å²) in [5.41, 5.74) is 1.30. The normalized spacial score (nSPS) is 18.4. The third kappa shape index (κ3) is 4.50. The standard InChI is InChI=1S/C18H24N4O4S2/c1-10(2)15(23)19-16-20-21-17(27-16)28(24,25)22-13-9-18(4,5)26-14-8-11(3)6-7-12(13)14/h6-8,10,13,22H,9H2,1-5H3,(H,19,20,23)/t13-/m0/s1. The topological polar surface area (TPSA) is 110 Å². The van der Waals surface area contributed by atoms with Crippen LogP contribution in [0, 0.1) is 12.8 Å². The quantitative estimate of drug-likeness (QED) is 0.714. The molecule has 0 radical (unpaired) electrons. The zero-order valence-corrected chi connectivity index (χ0v) is 18.1. The minimum absolute atomic E-state index is 0.155. The summed E-state index contributed by atoms with van der Waals surface area (Å²) in [6.45, 7) is 9.27. The number of hydrogen-bond donors (Lipinski definition) is 2. The highest BCUT2D eigenvalue weighted by Gasteiger charge is 2.37. The van der Waals surface area contributed by atoms with Crippen molar-refractivity contribution in [2.75, 3.05) is 5.32 Å². The lowest BCUT2D eigenvalue weighted by atomic mass is 9.90. The van der Waals surface area contributed by atoms with Crippen LogP contribution in [0.5, 0.6) is 5.75 Å². The van der Waals surface area contributed by atoms with Crippen LogP contribution in [0.25, 0.3) is 0 Å². The number of benzene rings is 1. The van der Waals surface area contributed by atoms with Crippen molar-refractivity contribution in [3.8, 4) is 5.75 Å². The highest BCUT2D eigenvalue weighted by Crippen LogP contribution is 2.40. The molecule has 28 heavy (non-hydrogen) atoms. The summed E-state index contributed by atoms with van der Waals surface area (Å²) >= 11 is 0.822. The molecule has 0 bridgehead atoms. The van der Waals surface area contributed by atoms with E-state index >= 15 is 0 Å². The number of amides is 1. The lowest BCUT2D eigenvalue weighted by Gasteiger charge is -2.37. The monoisotopic (exact) mass is 424 g/mol. The average molecular weight is 425 g/mol. The Labute approximate surface area is 168 Å². The van der Waals surface area contributed by atoms with Crippen LogP contribution < -0.4 is 14.8 Å². The van der Waals surface area contributed by atoms with Gasteiger partial charge in [-0.25, -0.2) is 13.1 Å². The Balaban J connectivity index is 1.85. The van der Waals surface area contributed by atoms with Gasteiger partial charge >= 0.3 is 0 Å². The van der Waals surface area contributed by atoms with Gasteiger partial charge in [0.15, 0.2) is 0 Å². The summed E-state index contributed by atoms with van der Waals surface area (Å²) < 4.78 is 34.3. The summed E-state index contributed by atoms with van der Waals surface area (Å²) in [4.78, 5) is 11.8. The van der Waals surface area contributed by atoms with E-state index in [1.807, 2.05) is 39.0 Å². The first-order valence-corrected chi connectivity index (χ1v) is 11.2. The third-order valence-corrected chi connectivity index (χ3v) is 6.99. The van der Waals surface area contributed by atoms with Crippen LogP contribution in [0.4, 0.5) is 5.13 Å². The van der Waals surface area contributed by atoms with Crippen molar-refractivity contribution >= 4 is 32.4 Å². The molecule has 2 aromatic rings. The Hall–Kier alpha value is -2.04. The molecule has 1 amide bonds. The molecular formula is C18H24N4O4S2. The van der Waals surface area contributed by atoms with Gasteiger partial charge in [-0.2, -0.15) is 0 Å². The lowest BCUT2D eigenvalue weighted by molar-refractivity contribution is -0.118. The van der Waals surface area contributed by atoms with Gasteiger partial charge in [-0.15, -0.1) is 10.2 Å². The van der Waals surface area contributed by atoms with E-state index in [0.717, 1.165) is 22.5 Å². The molecule has 8 nitrogen and oxygen atoms in total. The molecule has 1 aliphatic rings. The van der Waals surface area contributed by atoms with Gasteiger partial charge in [0.1, 0.15) is 11.4 Å². The van der Waals surface area contributed by atoms with Gasteiger partial charge in [0.25, 0.3) is 10.0 Å². The van der Waals surface area contributed by atoms with Crippen molar-refractivity contribution in [1.29, 1.82) is 0 Å². The molecule has 1 aliphatic heterocycles. The molecule has 2 heterocycles. The second-order valence-corrected chi connectivity index (χ2v) is 10.7. The van der Waals surface area contributed by atoms with E-state index in [1.165, 1.54) is 0 Å². The van der Waals surface area contributed by atoms with Gasteiger partial charge in [-0.3, -0.25) is 4.79 Å². The predicted molar refractivity (Wildman–Crippen MR) is 107 cm³/mol. The van der Waals surface area contributed by atoms with Gasteiger partial charge < -0.3 is 10.1 Å². The van der Waals surface area contributed by atoms with Crippen LogP contribution in [0.1, 0.15) is 51.3 Å². The molecule has 10 heteroatoms. The fourth-order valence-electron chi connectivity index (χ4n) is 2.92. The first-order chi connectivity index (χ1) is 13.0. The highest BCUT2D eigenvalue weighted by molar-refractivity contribution is 7.91. The fraction of sp³-hybridized carbons (Fsp3) is 0.500. The Morgan fingerprint density at radius 3 is 2.71 bits per heavy atom. The first-order valence-electron chi connectivity index (χ1n) is 8.93. The van der Waals surface area contributed by atoms with E-state index in [2.05, 4.69) is 20.2 Å². The molecule has 0 fully saturated rings. The Kier molecular flexibility index (Phi) is 5.48. The van der Waals surface area contributed by atoms with E-state index in [-0.39, 0.29) is 21.3 Å². The van der Waals surface area contributed by atoms with Gasteiger partial charge in [0, 0.05) is 17.9 Å². The summed E-state index contributed by atoms with van der Waals surface area (Å²) in [5, 5.41) is 10.2. The Morgan fingerprint density at radius 1 is 1.32 bits per heavy atom. The summed E-state index contributed by atoms with van der Waals surface area (Å²) in [6.07, 6.45) is 0.470. The fourth-order valence-corrected chi connectivity index (χ4v) is 5.05. The van der Waals surface area contributed by atoms with Crippen LogP contribution in [0.2, 0.25) is 0 Å². The Bertz CT molecular complexity index is 999. The van der Waals surface area contributed by atoms with Crippen molar-refractivity contribution < 1.29 is 17.9 Å². The van der Waals surface area contributed by atoms with Crippen molar-refractivity contribution in [2.45, 2.75) is 57.0 Å². The SMILES string of the molecule is Cc1ccc2c(c1)OC(C)(C)C[C@@H]2NS(=O)(=O)c1nnc(NC(=O)C(C)C)s1. The summed E-state index contributed by atoms with van der Waals surface area (Å²) in [7, 11) is -3.91.